The molecule has 90 valence electrons. The monoisotopic (exact) mass is 269 g/mol. The molecule has 1 aromatic rings. The third-order valence-corrected chi connectivity index (χ3v) is 2.52. The number of hydrogen-bond donors (Lipinski definition) is 1. The summed E-state index contributed by atoms with van der Waals surface area (Å²) in [5, 5.41) is 3.82. The molecule has 0 unspecified atom stereocenters. The molecular formula is C13H13Cl2NO. The highest BCUT2D eigenvalue weighted by Crippen LogP contribution is 2.21. The van der Waals surface area contributed by atoms with Gasteiger partial charge < -0.3 is 5.32 Å². The number of amides is 1. The predicted octanol–water partition coefficient (Wildman–Crippen LogP) is 3.70. The van der Waals surface area contributed by atoms with Crippen LogP contribution < -0.4 is 5.32 Å². The van der Waals surface area contributed by atoms with Crippen molar-refractivity contribution in [3.05, 3.63) is 52.0 Å². The summed E-state index contributed by atoms with van der Waals surface area (Å²) in [5.74, 6) is -0.191. The Balaban J connectivity index is 2.67. The number of nitrogens with one attached hydrogen (secondary N) is 1. The first-order valence-corrected chi connectivity index (χ1v) is 5.80. The van der Waals surface area contributed by atoms with E-state index in [9.17, 15) is 4.79 Å². The molecule has 1 amide bonds. The van der Waals surface area contributed by atoms with Crippen molar-refractivity contribution in [1.29, 1.82) is 0 Å². The summed E-state index contributed by atoms with van der Waals surface area (Å²) < 4.78 is 0. The lowest BCUT2D eigenvalue weighted by Crippen LogP contribution is -2.22. The minimum absolute atomic E-state index is 0.191. The van der Waals surface area contributed by atoms with Crippen LogP contribution in [0.1, 0.15) is 12.5 Å². The van der Waals surface area contributed by atoms with Gasteiger partial charge in [0.15, 0.2) is 0 Å². The molecule has 1 rings (SSSR count). The molecule has 0 heterocycles. The Hall–Kier alpha value is -1.25. The van der Waals surface area contributed by atoms with Gasteiger partial charge in [-0.05, 0) is 36.8 Å². The summed E-state index contributed by atoms with van der Waals surface area (Å²) in [6.07, 6.45) is 3.04. The first kappa shape index (κ1) is 13.8. The normalized spacial score (nSPS) is 10.5. The highest BCUT2D eigenvalue weighted by molar-refractivity contribution is 6.34. The van der Waals surface area contributed by atoms with Gasteiger partial charge in [0.2, 0.25) is 5.91 Å². The molecule has 0 bridgehead atoms. The summed E-state index contributed by atoms with van der Waals surface area (Å²) in [6, 6.07) is 5.09. The second-order valence-electron chi connectivity index (χ2n) is 3.67. The van der Waals surface area contributed by atoms with Gasteiger partial charge >= 0.3 is 0 Å². The Morgan fingerprint density at radius 1 is 1.47 bits per heavy atom. The molecule has 0 aliphatic heterocycles. The first-order valence-electron chi connectivity index (χ1n) is 5.04. The number of hydrogen-bond acceptors (Lipinski definition) is 1. The van der Waals surface area contributed by atoms with Gasteiger partial charge in [0, 0.05) is 22.7 Å². The van der Waals surface area contributed by atoms with Crippen LogP contribution in [0.25, 0.3) is 6.08 Å². The van der Waals surface area contributed by atoms with Crippen molar-refractivity contribution in [2.75, 3.05) is 6.54 Å². The summed E-state index contributed by atoms with van der Waals surface area (Å²) in [7, 11) is 0. The fraction of sp³-hybridized carbons (Fsp3) is 0.154. The van der Waals surface area contributed by atoms with Crippen molar-refractivity contribution in [3.63, 3.8) is 0 Å². The molecule has 0 radical (unpaired) electrons. The highest BCUT2D eigenvalue weighted by Gasteiger charge is 1.99. The molecule has 0 saturated heterocycles. The number of benzene rings is 1. The van der Waals surface area contributed by atoms with Gasteiger partial charge in [0.1, 0.15) is 0 Å². The zero-order valence-electron chi connectivity index (χ0n) is 9.47. The van der Waals surface area contributed by atoms with E-state index in [1.54, 1.807) is 24.3 Å². The molecule has 17 heavy (non-hydrogen) atoms. The Labute approximate surface area is 111 Å². The average Bonchev–Trinajstić information content (AvgIpc) is 2.27. The predicted molar refractivity (Wildman–Crippen MR) is 73.3 cm³/mol. The third kappa shape index (κ3) is 5.07. The summed E-state index contributed by atoms with van der Waals surface area (Å²) in [6.45, 7) is 6.00. The topological polar surface area (TPSA) is 29.1 Å². The molecule has 0 aromatic heterocycles. The molecule has 1 N–H and O–H groups in total. The van der Waals surface area contributed by atoms with E-state index >= 15 is 0 Å². The van der Waals surface area contributed by atoms with Crippen molar-refractivity contribution >= 4 is 35.2 Å². The van der Waals surface area contributed by atoms with Crippen LogP contribution in [-0.4, -0.2) is 12.5 Å². The van der Waals surface area contributed by atoms with Crippen molar-refractivity contribution in [2.45, 2.75) is 6.92 Å². The van der Waals surface area contributed by atoms with E-state index in [1.165, 1.54) is 6.08 Å². The molecular weight excluding hydrogens is 257 g/mol. The smallest absolute Gasteiger partial charge is 0.244 e. The number of carbonyl (C=O) groups excluding carboxylic acids is 1. The average molecular weight is 270 g/mol. The van der Waals surface area contributed by atoms with Gasteiger partial charge in [-0.1, -0.05) is 35.4 Å². The molecule has 0 saturated carbocycles. The first-order chi connectivity index (χ1) is 7.99. The molecule has 0 aliphatic rings. The summed E-state index contributed by atoms with van der Waals surface area (Å²) >= 11 is 11.8. The molecule has 2 nitrogen and oxygen atoms in total. The fourth-order valence-electron chi connectivity index (χ4n) is 1.10. The maximum Gasteiger partial charge on any atom is 0.244 e. The van der Waals surface area contributed by atoms with Crippen LogP contribution >= 0.6 is 23.2 Å². The van der Waals surface area contributed by atoms with Crippen molar-refractivity contribution in [2.24, 2.45) is 0 Å². The van der Waals surface area contributed by atoms with Crippen LogP contribution in [0.2, 0.25) is 10.0 Å². The summed E-state index contributed by atoms with van der Waals surface area (Å²) in [5.41, 5.74) is 1.61. The van der Waals surface area contributed by atoms with E-state index < -0.39 is 0 Å². The van der Waals surface area contributed by atoms with Gasteiger partial charge in [-0.2, -0.15) is 0 Å². The van der Waals surface area contributed by atoms with Crippen LogP contribution in [0, 0.1) is 0 Å². The molecule has 0 aliphatic carbocycles. The van der Waals surface area contributed by atoms with Crippen LogP contribution in [0.15, 0.2) is 36.4 Å². The van der Waals surface area contributed by atoms with E-state index in [2.05, 4.69) is 11.9 Å². The lowest BCUT2D eigenvalue weighted by Gasteiger charge is -2.01. The zero-order valence-corrected chi connectivity index (χ0v) is 11.0. The lowest BCUT2D eigenvalue weighted by molar-refractivity contribution is -0.116. The Kier molecular flexibility index (Phi) is 5.26. The van der Waals surface area contributed by atoms with E-state index in [-0.39, 0.29) is 5.91 Å². The highest BCUT2D eigenvalue weighted by atomic mass is 35.5. The second-order valence-corrected chi connectivity index (χ2v) is 4.52. The number of halogens is 2. The number of rotatable bonds is 4. The van der Waals surface area contributed by atoms with E-state index in [4.69, 9.17) is 23.2 Å². The van der Waals surface area contributed by atoms with E-state index in [0.29, 0.717) is 22.2 Å². The zero-order chi connectivity index (χ0) is 12.8. The van der Waals surface area contributed by atoms with Crippen LogP contribution in [-0.2, 0) is 4.79 Å². The van der Waals surface area contributed by atoms with Gasteiger partial charge in [0.25, 0.3) is 0 Å². The molecule has 0 atom stereocenters. The van der Waals surface area contributed by atoms with Crippen LogP contribution in [0.3, 0.4) is 0 Å². The lowest BCUT2D eigenvalue weighted by atomic mass is 10.2. The fourth-order valence-corrected chi connectivity index (χ4v) is 1.47. The van der Waals surface area contributed by atoms with E-state index in [0.717, 1.165) is 5.57 Å². The van der Waals surface area contributed by atoms with Crippen molar-refractivity contribution in [3.8, 4) is 0 Å². The van der Waals surface area contributed by atoms with Gasteiger partial charge in [-0.15, -0.1) is 0 Å². The molecule has 0 spiro atoms. The van der Waals surface area contributed by atoms with E-state index in [1.807, 2.05) is 6.92 Å². The second kappa shape index (κ2) is 6.48. The largest absolute Gasteiger partial charge is 0.349 e. The molecule has 4 heteroatoms. The summed E-state index contributed by atoms with van der Waals surface area (Å²) in [4.78, 5) is 11.4. The Bertz CT molecular complexity index is 466. The minimum Gasteiger partial charge on any atom is -0.349 e. The maximum absolute atomic E-state index is 11.4. The SMILES string of the molecule is C=C(C)CNC(=O)/C=C/c1cc(Cl)ccc1Cl. The number of carbonyl (C=O) groups is 1. The standard InChI is InChI=1S/C13H13Cl2NO/c1-9(2)8-16-13(17)6-3-10-7-11(14)4-5-12(10)15/h3-7H,1,8H2,2H3,(H,16,17)/b6-3+. The Morgan fingerprint density at radius 2 is 2.18 bits per heavy atom. The van der Waals surface area contributed by atoms with Gasteiger partial charge in [0.05, 0.1) is 0 Å². The molecule has 0 fully saturated rings. The van der Waals surface area contributed by atoms with Gasteiger partial charge in [-0.25, -0.2) is 0 Å². The van der Waals surface area contributed by atoms with Crippen molar-refractivity contribution < 1.29 is 4.79 Å². The molecule has 1 aromatic carbocycles. The quantitative estimate of drug-likeness (QED) is 0.656. The van der Waals surface area contributed by atoms with Crippen LogP contribution in [0.4, 0.5) is 0 Å². The Morgan fingerprint density at radius 3 is 2.82 bits per heavy atom. The van der Waals surface area contributed by atoms with Gasteiger partial charge in [-0.3, -0.25) is 4.79 Å². The third-order valence-electron chi connectivity index (χ3n) is 1.94. The van der Waals surface area contributed by atoms with Crippen molar-refractivity contribution in [1.82, 2.24) is 5.32 Å². The van der Waals surface area contributed by atoms with Crippen LogP contribution in [0.5, 0.6) is 0 Å². The maximum atomic E-state index is 11.4. The minimum atomic E-state index is -0.191.